The number of rotatable bonds is 22. The summed E-state index contributed by atoms with van der Waals surface area (Å²) in [6, 6.07) is 43.6. The molecule has 0 spiro atoms. The standard InChI is InChI=1S/C59H74N8O9/c1-5-32-60-54(68)31-30-53(58(72)76-59(2,3)4)64-39-37-62(42-51-25-16-28-56(70)66(51)74-45-48-20-11-7-12-21-48)35-33-61(41-50-24-15-27-55(69)65(50)73-44-47-18-9-6-10-19-47)34-36-63(38-40-64)43-52-26-17-29-57(71)67(52)75-46-49-22-13-8-14-23-49/h6-29,53H,5,30-46H2,1-4H3,(H,60,68). The third kappa shape index (κ3) is 17.7. The number of esters is 1. The number of benzene rings is 3. The maximum absolute atomic E-state index is 14.5. The average molecular weight is 1040 g/mol. The molecule has 0 aliphatic carbocycles. The third-order valence-electron chi connectivity index (χ3n) is 12.9. The highest BCUT2D eigenvalue weighted by Crippen LogP contribution is 2.18. The highest BCUT2D eigenvalue weighted by molar-refractivity contribution is 5.79. The van der Waals surface area contributed by atoms with E-state index in [0.717, 1.165) is 23.1 Å². The molecule has 76 heavy (non-hydrogen) atoms. The van der Waals surface area contributed by atoms with Crippen molar-refractivity contribution in [3.8, 4) is 0 Å². The number of aromatic nitrogens is 3. The van der Waals surface area contributed by atoms with E-state index in [1.54, 1.807) is 18.2 Å². The molecule has 1 fully saturated rings. The third-order valence-corrected chi connectivity index (χ3v) is 12.9. The van der Waals surface area contributed by atoms with Crippen molar-refractivity contribution in [1.29, 1.82) is 0 Å². The Bertz CT molecular complexity index is 2810. The van der Waals surface area contributed by atoms with E-state index in [1.165, 1.54) is 32.4 Å². The Balaban J connectivity index is 1.24. The highest BCUT2D eigenvalue weighted by Gasteiger charge is 2.32. The van der Waals surface area contributed by atoms with Gasteiger partial charge in [-0.2, -0.15) is 0 Å². The minimum absolute atomic E-state index is 0.118. The van der Waals surface area contributed by atoms with Gasteiger partial charge in [0.2, 0.25) is 5.91 Å². The van der Waals surface area contributed by atoms with Crippen LogP contribution in [0, 0.1) is 0 Å². The van der Waals surface area contributed by atoms with Gasteiger partial charge in [0.25, 0.3) is 16.7 Å². The first-order valence-corrected chi connectivity index (χ1v) is 26.4. The van der Waals surface area contributed by atoms with Gasteiger partial charge in [-0.15, -0.1) is 14.2 Å². The number of carbonyl (C=O) groups excluding carboxylic acids is 2. The first kappa shape index (κ1) is 56.4. The predicted molar refractivity (Wildman–Crippen MR) is 292 cm³/mol. The molecular weight excluding hydrogens is 965 g/mol. The Morgan fingerprint density at radius 1 is 0.500 bits per heavy atom. The minimum Gasteiger partial charge on any atom is -0.459 e. The van der Waals surface area contributed by atoms with Crippen molar-refractivity contribution in [2.75, 3.05) is 58.9 Å². The van der Waals surface area contributed by atoms with E-state index in [4.69, 9.17) is 19.2 Å². The first-order chi connectivity index (χ1) is 36.8. The Labute approximate surface area is 445 Å². The number of nitrogens with one attached hydrogen (secondary N) is 1. The molecule has 17 nitrogen and oxygen atoms in total. The lowest BCUT2D eigenvalue weighted by Crippen LogP contribution is -2.52. The summed E-state index contributed by atoms with van der Waals surface area (Å²) >= 11 is 0. The summed E-state index contributed by atoms with van der Waals surface area (Å²) in [5.41, 5.74) is 3.01. The fraction of sp³-hybridized carbons (Fsp3) is 0.407. The fourth-order valence-corrected chi connectivity index (χ4v) is 8.95. The van der Waals surface area contributed by atoms with Crippen LogP contribution in [0.25, 0.3) is 0 Å². The summed E-state index contributed by atoms with van der Waals surface area (Å²) in [5, 5.41) is 2.97. The molecule has 1 aliphatic heterocycles. The van der Waals surface area contributed by atoms with E-state index in [2.05, 4.69) is 24.9 Å². The smallest absolute Gasteiger partial charge is 0.323 e. The van der Waals surface area contributed by atoms with Crippen molar-refractivity contribution in [1.82, 2.24) is 39.1 Å². The Hall–Kier alpha value is -7.31. The lowest BCUT2D eigenvalue weighted by molar-refractivity contribution is -0.162. The van der Waals surface area contributed by atoms with E-state index < -0.39 is 17.6 Å². The van der Waals surface area contributed by atoms with Crippen molar-refractivity contribution in [2.24, 2.45) is 0 Å². The summed E-state index contributed by atoms with van der Waals surface area (Å²) in [6.07, 6.45) is 1.12. The zero-order chi connectivity index (χ0) is 53.7. The zero-order valence-corrected chi connectivity index (χ0v) is 44.5. The topological polar surface area (TPSA) is 162 Å². The molecule has 6 aromatic rings. The van der Waals surface area contributed by atoms with Crippen LogP contribution in [-0.4, -0.2) is 116 Å². The van der Waals surface area contributed by atoms with Gasteiger partial charge in [0, 0.05) is 103 Å². The lowest BCUT2D eigenvalue weighted by atomic mass is 10.1. The second-order valence-electron chi connectivity index (χ2n) is 20.0. The molecule has 404 valence electrons. The van der Waals surface area contributed by atoms with Crippen LogP contribution >= 0.6 is 0 Å². The van der Waals surface area contributed by atoms with E-state index >= 15 is 0 Å². The number of carbonyl (C=O) groups is 2. The highest BCUT2D eigenvalue weighted by atomic mass is 16.7. The molecule has 4 heterocycles. The Kier molecular flexibility index (Phi) is 21.2. The number of hydrogen-bond donors (Lipinski definition) is 1. The van der Waals surface area contributed by atoms with Crippen molar-refractivity contribution in [3.63, 3.8) is 0 Å². The fourth-order valence-electron chi connectivity index (χ4n) is 8.95. The molecule has 1 unspecified atom stereocenters. The molecule has 0 saturated carbocycles. The molecule has 1 atom stereocenters. The van der Waals surface area contributed by atoms with Crippen LogP contribution in [0.15, 0.2) is 160 Å². The van der Waals surface area contributed by atoms with Crippen LogP contribution in [0.2, 0.25) is 0 Å². The molecule has 1 N–H and O–H groups in total. The minimum atomic E-state index is -0.794. The Morgan fingerprint density at radius 3 is 1.20 bits per heavy atom. The summed E-state index contributed by atoms with van der Waals surface area (Å²) in [5.74, 6) is -0.564. The molecular formula is C59H74N8O9. The van der Waals surface area contributed by atoms with Crippen LogP contribution in [0.5, 0.6) is 0 Å². The predicted octanol–water partition coefficient (Wildman–Crippen LogP) is 5.20. The van der Waals surface area contributed by atoms with E-state index in [0.29, 0.717) is 95.6 Å². The van der Waals surface area contributed by atoms with Gasteiger partial charge in [-0.1, -0.05) is 116 Å². The van der Waals surface area contributed by atoms with Crippen molar-refractivity contribution >= 4 is 11.9 Å². The zero-order valence-electron chi connectivity index (χ0n) is 44.5. The second kappa shape index (κ2) is 28.5. The average Bonchev–Trinajstić information content (AvgIpc) is 3.40. The summed E-state index contributed by atoms with van der Waals surface area (Å²) in [7, 11) is 0. The number of amides is 1. The quantitative estimate of drug-likeness (QED) is 0.0886. The van der Waals surface area contributed by atoms with Crippen LogP contribution < -0.4 is 36.5 Å². The number of hydrogen-bond acceptors (Lipinski definition) is 13. The molecule has 3 aromatic heterocycles. The lowest BCUT2D eigenvalue weighted by Gasteiger charge is -2.37. The van der Waals surface area contributed by atoms with Crippen molar-refractivity contribution in [3.05, 3.63) is 210 Å². The largest absolute Gasteiger partial charge is 0.459 e. The molecule has 3 aromatic carbocycles. The molecule has 7 rings (SSSR count). The van der Waals surface area contributed by atoms with E-state index in [1.807, 2.05) is 137 Å². The van der Waals surface area contributed by atoms with Crippen LogP contribution in [0.1, 0.15) is 80.7 Å². The Morgan fingerprint density at radius 2 is 0.855 bits per heavy atom. The normalized spacial score (nSPS) is 14.9. The molecule has 0 radical (unpaired) electrons. The SMILES string of the molecule is CCCNC(=O)CCC(C(=O)OC(C)(C)C)N1CCN(Cc2cccc(=O)n2OCc2ccccc2)CCN(Cc2cccc(=O)n2OCc2ccccc2)CCN(Cc2cccc(=O)n2OCc2ccccc2)CC1. The maximum Gasteiger partial charge on any atom is 0.323 e. The summed E-state index contributed by atoms with van der Waals surface area (Å²) < 4.78 is 10.2. The van der Waals surface area contributed by atoms with Crippen LogP contribution in [0.3, 0.4) is 0 Å². The van der Waals surface area contributed by atoms with Crippen molar-refractivity contribution in [2.45, 2.75) is 98.1 Å². The van der Waals surface area contributed by atoms with Gasteiger partial charge < -0.3 is 24.6 Å². The number of nitrogens with zero attached hydrogens (tertiary/aromatic N) is 7. The first-order valence-electron chi connectivity index (χ1n) is 26.4. The summed E-state index contributed by atoms with van der Waals surface area (Å²) in [4.78, 5) is 95.8. The van der Waals surface area contributed by atoms with E-state index in [-0.39, 0.29) is 55.2 Å². The maximum atomic E-state index is 14.5. The summed E-state index contributed by atoms with van der Waals surface area (Å²) in [6.45, 7) is 13.3. The monoisotopic (exact) mass is 1040 g/mol. The number of ether oxygens (including phenoxy) is 1. The van der Waals surface area contributed by atoms with Gasteiger partial charge in [-0.3, -0.25) is 43.6 Å². The molecule has 1 amide bonds. The van der Waals surface area contributed by atoms with Gasteiger partial charge in [0.05, 0.1) is 17.1 Å². The number of pyridine rings is 3. The van der Waals surface area contributed by atoms with Gasteiger partial charge in [-0.05, 0) is 68.5 Å². The van der Waals surface area contributed by atoms with Gasteiger partial charge in [0.1, 0.15) is 31.5 Å². The van der Waals surface area contributed by atoms with Gasteiger partial charge in [-0.25, -0.2) is 0 Å². The molecule has 0 bridgehead atoms. The molecule has 1 aliphatic rings. The second-order valence-corrected chi connectivity index (χ2v) is 20.0. The molecule has 17 heteroatoms. The van der Waals surface area contributed by atoms with Gasteiger partial charge in [0.15, 0.2) is 0 Å². The van der Waals surface area contributed by atoms with E-state index in [9.17, 15) is 24.0 Å². The van der Waals surface area contributed by atoms with Crippen LogP contribution in [0.4, 0.5) is 0 Å². The van der Waals surface area contributed by atoms with Crippen molar-refractivity contribution < 1.29 is 28.8 Å². The van der Waals surface area contributed by atoms with Gasteiger partial charge >= 0.3 is 5.97 Å². The van der Waals surface area contributed by atoms with Crippen LogP contribution in [-0.2, 0) is 53.8 Å². The molecule has 1 saturated heterocycles.